The largest absolute Gasteiger partial charge is 0.351 e. The predicted octanol–water partition coefficient (Wildman–Crippen LogP) is 4.58. The molecule has 3 N–H and O–H groups in total. The van der Waals surface area contributed by atoms with Gasteiger partial charge >= 0.3 is 0 Å². The van der Waals surface area contributed by atoms with Crippen molar-refractivity contribution in [2.75, 3.05) is 6.54 Å². The molecule has 3 aromatic carbocycles. The highest BCUT2D eigenvalue weighted by molar-refractivity contribution is 7.20. The van der Waals surface area contributed by atoms with Crippen molar-refractivity contribution in [2.45, 2.75) is 5.92 Å². The fourth-order valence-corrected chi connectivity index (χ4v) is 4.43. The lowest BCUT2D eigenvalue weighted by Gasteiger charge is -2.19. The van der Waals surface area contributed by atoms with Crippen LogP contribution in [-0.4, -0.2) is 23.6 Å². The first kappa shape index (κ1) is 19.8. The molecular weight excluding hydrogens is 396 g/mol. The third kappa shape index (κ3) is 4.25. The highest BCUT2D eigenvalue weighted by Crippen LogP contribution is 2.27. The molecule has 30 heavy (non-hydrogen) atoms. The average molecular weight is 417 g/mol. The van der Waals surface area contributed by atoms with Gasteiger partial charge in [0.1, 0.15) is 0 Å². The van der Waals surface area contributed by atoms with E-state index in [0.29, 0.717) is 17.0 Å². The topological polar surface area (TPSA) is 78.4 Å². The number of carbonyl (C=O) groups excluding carboxylic acids is 2. The summed E-state index contributed by atoms with van der Waals surface area (Å²) in [7, 11) is 0. The van der Waals surface area contributed by atoms with E-state index in [1.165, 1.54) is 11.3 Å². The van der Waals surface area contributed by atoms with Crippen molar-refractivity contribution >= 4 is 33.2 Å². The molecule has 4 aromatic rings. The highest BCUT2D eigenvalue weighted by Gasteiger charge is 2.17. The monoisotopic (exact) mass is 416 g/mol. The Kier molecular flexibility index (Phi) is 5.88. The second kappa shape index (κ2) is 8.90. The van der Waals surface area contributed by atoms with Gasteiger partial charge in [-0.05, 0) is 34.7 Å². The molecule has 0 saturated carbocycles. The average Bonchev–Trinajstić information content (AvgIpc) is 3.23. The van der Waals surface area contributed by atoms with Gasteiger partial charge in [0.15, 0.2) is 0 Å². The van der Waals surface area contributed by atoms with Gasteiger partial charge in [0.2, 0.25) is 0 Å². The van der Waals surface area contributed by atoms with Crippen LogP contribution in [0.5, 0.6) is 0 Å². The molecule has 0 bridgehead atoms. The van der Waals surface area contributed by atoms with Gasteiger partial charge in [0, 0.05) is 22.7 Å². The number of benzene rings is 3. The maximum atomic E-state index is 12.8. The minimum Gasteiger partial charge on any atom is -0.351 e. The summed E-state index contributed by atoms with van der Waals surface area (Å²) in [5.74, 6) is -0.687. The molecule has 0 atom stereocenters. The van der Waals surface area contributed by atoms with E-state index in [9.17, 15) is 9.59 Å². The van der Waals surface area contributed by atoms with Crippen LogP contribution in [0, 0.1) is 0 Å². The van der Waals surface area contributed by atoms with E-state index in [2.05, 4.69) is 29.6 Å². The molecule has 4 rings (SSSR count). The molecule has 5 nitrogen and oxygen atoms in total. The molecule has 1 aromatic heterocycles. The summed E-state index contributed by atoms with van der Waals surface area (Å²) in [4.78, 5) is 24.8. The number of hydroxylamine groups is 1. The first-order valence-electron chi connectivity index (χ1n) is 9.52. The zero-order chi connectivity index (χ0) is 20.9. The maximum Gasteiger partial charge on any atom is 0.284 e. The van der Waals surface area contributed by atoms with Crippen LogP contribution in [0.15, 0.2) is 84.9 Å². The third-order valence-electron chi connectivity index (χ3n) is 4.98. The van der Waals surface area contributed by atoms with Crippen molar-refractivity contribution < 1.29 is 14.8 Å². The number of hydrogen-bond acceptors (Lipinski definition) is 4. The lowest BCUT2D eigenvalue weighted by atomic mass is 9.91. The van der Waals surface area contributed by atoms with E-state index in [1.807, 2.05) is 36.4 Å². The summed E-state index contributed by atoms with van der Waals surface area (Å²) < 4.78 is 0.809. The van der Waals surface area contributed by atoms with Crippen molar-refractivity contribution in [1.29, 1.82) is 0 Å². The number of rotatable bonds is 6. The summed E-state index contributed by atoms with van der Waals surface area (Å²) in [6.07, 6.45) is 0. The predicted molar refractivity (Wildman–Crippen MR) is 118 cm³/mol. The number of amides is 2. The normalized spacial score (nSPS) is 10.9. The number of hydrogen-bond donors (Lipinski definition) is 3. The summed E-state index contributed by atoms with van der Waals surface area (Å²) in [5.41, 5.74) is 4.44. The van der Waals surface area contributed by atoms with Gasteiger partial charge < -0.3 is 5.32 Å². The molecule has 0 saturated heterocycles. The van der Waals surface area contributed by atoms with Crippen molar-refractivity contribution in [3.63, 3.8) is 0 Å². The SMILES string of the molecule is O=C(NCC(c1ccccc1)c1ccccc1)c1ccc2cc(C(=O)NO)sc2c1. The minimum atomic E-state index is -0.559. The molecule has 1 heterocycles. The Morgan fingerprint density at radius 3 is 2.07 bits per heavy atom. The van der Waals surface area contributed by atoms with Crippen LogP contribution in [0.4, 0.5) is 0 Å². The van der Waals surface area contributed by atoms with E-state index >= 15 is 0 Å². The Hall–Kier alpha value is -3.48. The van der Waals surface area contributed by atoms with Gasteiger partial charge in [0.25, 0.3) is 11.8 Å². The Morgan fingerprint density at radius 1 is 0.833 bits per heavy atom. The Balaban J connectivity index is 1.54. The quantitative estimate of drug-likeness (QED) is 0.318. The van der Waals surface area contributed by atoms with Crippen molar-refractivity contribution in [3.8, 4) is 0 Å². The third-order valence-corrected chi connectivity index (χ3v) is 6.07. The number of thiophene rings is 1. The second-order valence-electron chi connectivity index (χ2n) is 6.89. The zero-order valence-corrected chi connectivity index (χ0v) is 16.9. The lowest BCUT2D eigenvalue weighted by molar-refractivity contribution is 0.0711. The van der Waals surface area contributed by atoms with Crippen LogP contribution in [-0.2, 0) is 0 Å². The molecule has 0 unspecified atom stereocenters. The molecule has 0 radical (unpaired) electrons. The summed E-state index contributed by atoms with van der Waals surface area (Å²) in [5, 5.41) is 12.7. The number of nitrogens with one attached hydrogen (secondary N) is 2. The Morgan fingerprint density at radius 2 is 1.47 bits per heavy atom. The first-order chi connectivity index (χ1) is 14.7. The van der Waals surface area contributed by atoms with E-state index in [4.69, 9.17) is 5.21 Å². The Labute approximate surface area is 177 Å². The van der Waals surface area contributed by atoms with Gasteiger partial charge in [-0.1, -0.05) is 66.7 Å². The molecule has 0 aliphatic heterocycles. The van der Waals surface area contributed by atoms with Gasteiger partial charge in [-0.15, -0.1) is 11.3 Å². The Bertz CT molecular complexity index is 1130. The van der Waals surface area contributed by atoms with Crippen LogP contribution in [0.2, 0.25) is 0 Å². The van der Waals surface area contributed by atoms with Gasteiger partial charge in [-0.2, -0.15) is 0 Å². The van der Waals surface area contributed by atoms with E-state index < -0.39 is 5.91 Å². The summed E-state index contributed by atoms with van der Waals surface area (Å²) >= 11 is 1.23. The van der Waals surface area contributed by atoms with E-state index in [0.717, 1.165) is 21.2 Å². The smallest absolute Gasteiger partial charge is 0.284 e. The molecule has 6 heteroatoms. The second-order valence-corrected chi connectivity index (χ2v) is 7.97. The molecule has 0 spiro atoms. The lowest BCUT2D eigenvalue weighted by Crippen LogP contribution is -2.28. The van der Waals surface area contributed by atoms with E-state index in [1.54, 1.807) is 29.7 Å². The zero-order valence-electron chi connectivity index (χ0n) is 16.0. The van der Waals surface area contributed by atoms with Crippen LogP contribution in [0.1, 0.15) is 37.1 Å². The molecule has 2 amide bonds. The molecule has 0 aliphatic carbocycles. The number of fused-ring (bicyclic) bond motifs is 1. The van der Waals surface area contributed by atoms with E-state index in [-0.39, 0.29) is 11.8 Å². The molecule has 150 valence electrons. The molecule has 0 fully saturated rings. The van der Waals surface area contributed by atoms with Crippen molar-refractivity contribution in [1.82, 2.24) is 10.8 Å². The maximum absolute atomic E-state index is 12.8. The molecule has 0 aliphatic rings. The highest BCUT2D eigenvalue weighted by atomic mass is 32.1. The van der Waals surface area contributed by atoms with Crippen LogP contribution in [0.25, 0.3) is 10.1 Å². The van der Waals surface area contributed by atoms with Crippen LogP contribution >= 0.6 is 11.3 Å². The van der Waals surface area contributed by atoms with Gasteiger partial charge in [-0.25, -0.2) is 5.48 Å². The summed E-state index contributed by atoms with van der Waals surface area (Å²) in [6, 6.07) is 27.2. The molecular formula is C24H20N2O3S. The standard InChI is InChI=1S/C24H20N2O3S/c27-23(19-12-11-18-13-22(24(28)26-29)30-21(18)14-19)25-15-20(16-7-3-1-4-8-16)17-9-5-2-6-10-17/h1-14,20,29H,15H2,(H,25,27)(H,26,28). The fraction of sp³-hybridized carbons (Fsp3) is 0.0833. The number of carbonyl (C=O) groups is 2. The summed E-state index contributed by atoms with van der Waals surface area (Å²) in [6.45, 7) is 0.466. The van der Waals surface area contributed by atoms with Gasteiger partial charge in [0.05, 0.1) is 4.88 Å². The first-order valence-corrected chi connectivity index (χ1v) is 10.3. The van der Waals surface area contributed by atoms with Crippen molar-refractivity contribution in [3.05, 3.63) is 106 Å². The fourth-order valence-electron chi connectivity index (χ4n) is 3.44. The van der Waals surface area contributed by atoms with Gasteiger partial charge in [-0.3, -0.25) is 14.8 Å². The van der Waals surface area contributed by atoms with Crippen LogP contribution in [0.3, 0.4) is 0 Å². The van der Waals surface area contributed by atoms with Crippen LogP contribution < -0.4 is 10.8 Å². The minimum absolute atomic E-state index is 0.0432. The van der Waals surface area contributed by atoms with Crippen molar-refractivity contribution in [2.24, 2.45) is 0 Å².